The average Bonchev–Trinajstić information content (AvgIpc) is 3.20. The number of nitrogens with zero attached hydrogens (tertiary/aromatic N) is 3. The predicted molar refractivity (Wildman–Crippen MR) is 123 cm³/mol. The van der Waals surface area contributed by atoms with Gasteiger partial charge in [-0.1, -0.05) is 12.1 Å². The number of hydrogen-bond acceptors (Lipinski definition) is 5. The second kappa shape index (κ2) is 9.60. The Kier molecular flexibility index (Phi) is 6.62. The Bertz CT molecular complexity index is 1070. The van der Waals surface area contributed by atoms with Gasteiger partial charge in [-0.15, -0.1) is 0 Å². The van der Waals surface area contributed by atoms with Gasteiger partial charge in [0.15, 0.2) is 5.78 Å². The molecule has 0 bridgehead atoms. The maximum atomic E-state index is 14.5. The van der Waals surface area contributed by atoms with Crippen molar-refractivity contribution in [3.63, 3.8) is 0 Å². The number of anilines is 2. The van der Waals surface area contributed by atoms with Gasteiger partial charge < -0.3 is 19.4 Å². The van der Waals surface area contributed by atoms with Gasteiger partial charge in [0.2, 0.25) is 11.8 Å². The minimum atomic E-state index is -0.438. The number of Topliss-reactive ketones (excluding diaryl/α,β-unsaturated/α-hetero) is 1. The van der Waals surface area contributed by atoms with Gasteiger partial charge in [0, 0.05) is 44.7 Å². The van der Waals surface area contributed by atoms with E-state index in [1.165, 1.54) is 13.0 Å². The van der Waals surface area contributed by atoms with E-state index in [2.05, 4.69) is 0 Å². The number of carbonyl (C=O) groups excluding carboxylic acids is 3. The van der Waals surface area contributed by atoms with Crippen molar-refractivity contribution in [3.8, 4) is 5.75 Å². The van der Waals surface area contributed by atoms with Crippen LogP contribution in [0.15, 0.2) is 42.5 Å². The largest absolute Gasteiger partial charge is 0.492 e. The number of ether oxygens (including phenoxy) is 1. The average molecular weight is 454 g/mol. The van der Waals surface area contributed by atoms with Crippen molar-refractivity contribution in [1.29, 1.82) is 0 Å². The van der Waals surface area contributed by atoms with Crippen LogP contribution in [0.3, 0.4) is 0 Å². The first-order valence-electron chi connectivity index (χ1n) is 11.3. The predicted octanol–water partition coefficient (Wildman–Crippen LogP) is 3.13. The van der Waals surface area contributed by atoms with Crippen molar-refractivity contribution in [1.82, 2.24) is 4.90 Å². The molecule has 0 N–H and O–H groups in total. The molecule has 0 aliphatic carbocycles. The summed E-state index contributed by atoms with van der Waals surface area (Å²) in [6.07, 6.45) is 0.167. The summed E-state index contributed by atoms with van der Waals surface area (Å²) in [6.45, 7) is 5.98. The maximum absolute atomic E-state index is 14.5. The summed E-state index contributed by atoms with van der Waals surface area (Å²) in [5, 5.41) is 0. The van der Waals surface area contributed by atoms with E-state index in [0.717, 1.165) is 0 Å². The zero-order valence-corrected chi connectivity index (χ0v) is 18.9. The zero-order chi connectivity index (χ0) is 23.5. The molecule has 0 aromatic heterocycles. The molecular weight excluding hydrogens is 425 g/mol. The number of hydrogen-bond donors (Lipinski definition) is 0. The summed E-state index contributed by atoms with van der Waals surface area (Å²) >= 11 is 0. The molecule has 2 saturated heterocycles. The van der Waals surface area contributed by atoms with Crippen molar-refractivity contribution >= 4 is 29.0 Å². The van der Waals surface area contributed by atoms with E-state index in [4.69, 9.17) is 4.74 Å². The number of benzene rings is 2. The third-order valence-electron chi connectivity index (χ3n) is 6.22. The second-order valence-electron chi connectivity index (χ2n) is 8.34. The molecule has 33 heavy (non-hydrogen) atoms. The maximum Gasteiger partial charge on any atom is 0.228 e. The van der Waals surface area contributed by atoms with Crippen LogP contribution in [0.5, 0.6) is 5.75 Å². The lowest BCUT2D eigenvalue weighted by atomic mass is 10.1. The molecular formula is C25H28FN3O4. The molecule has 2 aromatic rings. The monoisotopic (exact) mass is 453 g/mol. The lowest BCUT2D eigenvalue weighted by Gasteiger charge is -2.37. The molecule has 2 aliphatic heterocycles. The van der Waals surface area contributed by atoms with Crippen molar-refractivity contribution in [2.24, 2.45) is 5.92 Å². The summed E-state index contributed by atoms with van der Waals surface area (Å²) in [4.78, 5) is 42.6. The zero-order valence-electron chi connectivity index (χ0n) is 18.9. The number of piperazine rings is 1. The molecule has 8 heteroatoms. The van der Waals surface area contributed by atoms with Crippen molar-refractivity contribution < 1.29 is 23.5 Å². The molecule has 1 unspecified atom stereocenters. The SMILES string of the molecule is CCOc1ccccc1N1CC(C(=O)N2CCN(c3ccc(C(C)=O)cc3F)CC2)CC1=O. The first-order valence-corrected chi connectivity index (χ1v) is 11.3. The number of carbonyl (C=O) groups is 3. The highest BCUT2D eigenvalue weighted by Gasteiger charge is 2.39. The number of para-hydroxylation sites is 2. The van der Waals surface area contributed by atoms with Gasteiger partial charge in [0.1, 0.15) is 11.6 Å². The van der Waals surface area contributed by atoms with Crippen LogP contribution < -0.4 is 14.5 Å². The molecule has 7 nitrogen and oxygen atoms in total. The van der Waals surface area contributed by atoms with Crippen LogP contribution in [0.4, 0.5) is 15.8 Å². The summed E-state index contributed by atoms with van der Waals surface area (Å²) in [6, 6.07) is 11.9. The molecule has 0 saturated carbocycles. The van der Waals surface area contributed by atoms with Crippen LogP contribution in [0.25, 0.3) is 0 Å². The Labute approximate surface area is 192 Å². The highest BCUT2D eigenvalue weighted by molar-refractivity contribution is 6.01. The van der Waals surface area contributed by atoms with Crippen LogP contribution >= 0.6 is 0 Å². The Balaban J connectivity index is 1.39. The quantitative estimate of drug-likeness (QED) is 0.629. The van der Waals surface area contributed by atoms with Gasteiger partial charge >= 0.3 is 0 Å². The summed E-state index contributed by atoms with van der Waals surface area (Å²) in [5.41, 5.74) is 1.46. The van der Waals surface area contributed by atoms with E-state index in [0.29, 0.717) is 62.0 Å². The number of rotatable bonds is 6. The van der Waals surface area contributed by atoms with E-state index in [1.54, 1.807) is 21.9 Å². The van der Waals surface area contributed by atoms with Gasteiger partial charge in [0.25, 0.3) is 0 Å². The van der Waals surface area contributed by atoms with Crippen molar-refractivity contribution in [3.05, 3.63) is 53.8 Å². The Morgan fingerprint density at radius 2 is 1.79 bits per heavy atom. The molecule has 2 amide bonds. The lowest BCUT2D eigenvalue weighted by Crippen LogP contribution is -2.51. The van der Waals surface area contributed by atoms with Crippen LogP contribution in [0, 0.1) is 11.7 Å². The normalized spacial score (nSPS) is 18.6. The summed E-state index contributed by atoms with van der Waals surface area (Å²) in [5.74, 6) is -0.538. The fourth-order valence-corrected chi connectivity index (χ4v) is 4.47. The Hall–Kier alpha value is -3.42. The minimum absolute atomic E-state index is 0.0493. The van der Waals surface area contributed by atoms with Crippen LogP contribution in [0.2, 0.25) is 0 Å². The Morgan fingerprint density at radius 3 is 2.45 bits per heavy atom. The van der Waals surface area contributed by atoms with Gasteiger partial charge in [-0.25, -0.2) is 4.39 Å². The lowest BCUT2D eigenvalue weighted by molar-refractivity contribution is -0.136. The first kappa shape index (κ1) is 22.8. The standard InChI is InChI=1S/C25H28FN3O4/c1-3-33-23-7-5-4-6-22(23)29-16-19(15-24(29)31)25(32)28-12-10-27(11-13-28)21-9-8-18(17(2)30)14-20(21)26/h4-9,14,19H,3,10-13,15-16H2,1-2H3. The first-order chi connectivity index (χ1) is 15.9. The Morgan fingerprint density at radius 1 is 1.06 bits per heavy atom. The van der Waals surface area contributed by atoms with E-state index in [-0.39, 0.29) is 24.0 Å². The molecule has 2 aromatic carbocycles. The molecule has 2 aliphatic rings. The minimum Gasteiger partial charge on any atom is -0.492 e. The van der Waals surface area contributed by atoms with E-state index < -0.39 is 11.7 Å². The van der Waals surface area contributed by atoms with Gasteiger partial charge in [-0.3, -0.25) is 14.4 Å². The molecule has 174 valence electrons. The van der Waals surface area contributed by atoms with Gasteiger partial charge in [-0.05, 0) is 44.2 Å². The highest BCUT2D eigenvalue weighted by atomic mass is 19.1. The van der Waals surface area contributed by atoms with E-state index in [9.17, 15) is 18.8 Å². The molecule has 1 atom stereocenters. The fourth-order valence-electron chi connectivity index (χ4n) is 4.47. The third-order valence-corrected chi connectivity index (χ3v) is 6.22. The van der Waals surface area contributed by atoms with E-state index >= 15 is 0 Å². The van der Waals surface area contributed by atoms with E-state index in [1.807, 2.05) is 36.1 Å². The van der Waals surface area contributed by atoms with Crippen LogP contribution in [-0.4, -0.2) is 61.8 Å². The number of amides is 2. The number of ketones is 1. The summed E-state index contributed by atoms with van der Waals surface area (Å²) in [7, 11) is 0. The topological polar surface area (TPSA) is 70.2 Å². The van der Waals surface area contributed by atoms with Crippen molar-refractivity contribution in [2.45, 2.75) is 20.3 Å². The molecule has 4 rings (SSSR count). The second-order valence-corrected chi connectivity index (χ2v) is 8.34. The molecule has 0 spiro atoms. The highest BCUT2D eigenvalue weighted by Crippen LogP contribution is 2.34. The van der Waals surface area contributed by atoms with Crippen molar-refractivity contribution in [2.75, 3.05) is 49.1 Å². The fraction of sp³-hybridized carbons (Fsp3) is 0.400. The van der Waals surface area contributed by atoms with Gasteiger partial charge in [-0.2, -0.15) is 0 Å². The smallest absolute Gasteiger partial charge is 0.228 e. The van der Waals surface area contributed by atoms with Crippen LogP contribution in [0.1, 0.15) is 30.6 Å². The molecule has 2 fully saturated rings. The number of halogens is 1. The summed E-state index contributed by atoms with van der Waals surface area (Å²) < 4.78 is 20.2. The molecule has 0 radical (unpaired) electrons. The third kappa shape index (κ3) is 4.69. The molecule has 2 heterocycles. The van der Waals surface area contributed by atoms with Gasteiger partial charge in [0.05, 0.1) is 23.9 Å². The van der Waals surface area contributed by atoms with Crippen LogP contribution in [-0.2, 0) is 9.59 Å².